The van der Waals surface area contributed by atoms with Crippen molar-refractivity contribution in [2.45, 2.75) is 26.2 Å². The first-order chi connectivity index (χ1) is 12.7. The van der Waals surface area contributed by atoms with Gasteiger partial charge in [0.1, 0.15) is 0 Å². The summed E-state index contributed by atoms with van der Waals surface area (Å²) in [6.07, 6.45) is 2.70. The van der Waals surface area contributed by atoms with Crippen LogP contribution in [0.5, 0.6) is 11.5 Å². The molecule has 1 unspecified atom stereocenters. The molecule has 7 heteroatoms. The van der Waals surface area contributed by atoms with Gasteiger partial charge in [-0.1, -0.05) is 6.07 Å². The van der Waals surface area contributed by atoms with Crippen LogP contribution in [0.2, 0.25) is 0 Å². The summed E-state index contributed by atoms with van der Waals surface area (Å²) in [5.74, 6) is 2.26. The third-order valence-corrected chi connectivity index (χ3v) is 4.69. The second-order valence-electron chi connectivity index (χ2n) is 6.45. The van der Waals surface area contributed by atoms with Crippen molar-refractivity contribution in [3.63, 3.8) is 0 Å². The SMILES string of the molecule is CCOC(=O)C1CCCN(C(=NC)NCCc2ccc3c(c2)OCO3)C1. The smallest absolute Gasteiger partial charge is 0.310 e. The Morgan fingerprint density at radius 3 is 3.04 bits per heavy atom. The van der Waals surface area contributed by atoms with Crippen molar-refractivity contribution in [1.82, 2.24) is 10.2 Å². The number of guanidine groups is 1. The van der Waals surface area contributed by atoms with Crippen LogP contribution in [-0.2, 0) is 16.0 Å². The Hall–Kier alpha value is -2.44. The average molecular weight is 361 g/mol. The van der Waals surface area contributed by atoms with Gasteiger partial charge in [-0.3, -0.25) is 9.79 Å². The molecule has 1 fully saturated rings. The number of carbonyl (C=O) groups is 1. The molecule has 1 N–H and O–H groups in total. The first-order valence-corrected chi connectivity index (χ1v) is 9.22. The third-order valence-electron chi connectivity index (χ3n) is 4.69. The number of rotatable bonds is 5. The first-order valence-electron chi connectivity index (χ1n) is 9.22. The van der Waals surface area contributed by atoms with Crippen LogP contribution >= 0.6 is 0 Å². The van der Waals surface area contributed by atoms with E-state index in [4.69, 9.17) is 14.2 Å². The van der Waals surface area contributed by atoms with Gasteiger partial charge in [-0.25, -0.2) is 0 Å². The molecular weight excluding hydrogens is 334 g/mol. The monoisotopic (exact) mass is 361 g/mol. The topological polar surface area (TPSA) is 72.4 Å². The van der Waals surface area contributed by atoms with Crippen molar-refractivity contribution in [3.05, 3.63) is 23.8 Å². The quantitative estimate of drug-likeness (QED) is 0.490. The molecule has 1 atom stereocenters. The summed E-state index contributed by atoms with van der Waals surface area (Å²) in [6.45, 7) is 4.88. The van der Waals surface area contributed by atoms with Crippen molar-refractivity contribution in [1.29, 1.82) is 0 Å². The molecule has 0 spiro atoms. The molecule has 2 heterocycles. The summed E-state index contributed by atoms with van der Waals surface area (Å²) < 4.78 is 15.9. The third kappa shape index (κ3) is 4.39. The number of nitrogens with one attached hydrogen (secondary N) is 1. The molecule has 0 radical (unpaired) electrons. The number of likely N-dealkylation sites (tertiary alicyclic amines) is 1. The van der Waals surface area contributed by atoms with Crippen LogP contribution in [0.3, 0.4) is 0 Å². The number of benzene rings is 1. The Bertz CT molecular complexity index is 662. The molecule has 7 nitrogen and oxygen atoms in total. The Morgan fingerprint density at radius 1 is 1.38 bits per heavy atom. The van der Waals surface area contributed by atoms with E-state index in [1.807, 2.05) is 19.1 Å². The van der Waals surface area contributed by atoms with Crippen molar-refractivity contribution < 1.29 is 19.0 Å². The summed E-state index contributed by atoms with van der Waals surface area (Å²) >= 11 is 0. The molecule has 142 valence electrons. The lowest BCUT2D eigenvalue weighted by atomic mass is 9.98. The van der Waals surface area contributed by atoms with E-state index in [-0.39, 0.29) is 11.9 Å². The maximum atomic E-state index is 12.0. The molecule has 2 aliphatic heterocycles. The molecule has 1 saturated heterocycles. The number of nitrogens with zero attached hydrogens (tertiary/aromatic N) is 2. The van der Waals surface area contributed by atoms with E-state index in [2.05, 4.69) is 21.3 Å². The van der Waals surface area contributed by atoms with E-state index < -0.39 is 0 Å². The van der Waals surface area contributed by atoms with Gasteiger partial charge < -0.3 is 24.4 Å². The van der Waals surface area contributed by atoms with E-state index >= 15 is 0 Å². The minimum absolute atomic E-state index is 0.0730. The number of fused-ring (bicyclic) bond motifs is 1. The maximum absolute atomic E-state index is 12.0. The molecule has 0 aromatic heterocycles. The Morgan fingerprint density at radius 2 is 2.23 bits per heavy atom. The standard InChI is InChI=1S/C19H27N3O4/c1-3-24-18(23)15-5-4-10-22(12-15)19(20-2)21-9-8-14-6-7-16-17(11-14)26-13-25-16/h6-7,11,15H,3-5,8-10,12-13H2,1-2H3,(H,20,21). The summed E-state index contributed by atoms with van der Waals surface area (Å²) in [5, 5.41) is 3.40. The molecule has 1 aromatic rings. The highest BCUT2D eigenvalue weighted by atomic mass is 16.7. The normalized spacial score (nSPS) is 19.4. The second kappa shape index (κ2) is 8.78. The summed E-state index contributed by atoms with van der Waals surface area (Å²) in [6, 6.07) is 6.02. The predicted molar refractivity (Wildman–Crippen MR) is 98.6 cm³/mol. The molecule has 26 heavy (non-hydrogen) atoms. The first kappa shape index (κ1) is 18.4. The minimum atomic E-state index is -0.104. The van der Waals surface area contributed by atoms with Gasteiger partial charge in [0.15, 0.2) is 17.5 Å². The number of hydrogen-bond donors (Lipinski definition) is 1. The van der Waals surface area contributed by atoms with Gasteiger partial charge in [-0.15, -0.1) is 0 Å². The molecule has 2 aliphatic rings. The number of ether oxygens (including phenoxy) is 3. The largest absolute Gasteiger partial charge is 0.466 e. The van der Waals surface area contributed by atoms with Gasteiger partial charge in [0.2, 0.25) is 6.79 Å². The molecule has 0 saturated carbocycles. The molecule has 0 amide bonds. The average Bonchev–Trinajstić information content (AvgIpc) is 3.13. The number of esters is 1. The van der Waals surface area contributed by atoms with E-state index in [0.717, 1.165) is 49.8 Å². The Kier molecular flexibility index (Phi) is 6.20. The number of carbonyl (C=O) groups excluding carboxylic acids is 1. The number of piperidine rings is 1. The Labute approximate surface area is 154 Å². The van der Waals surface area contributed by atoms with Crippen LogP contribution in [0.15, 0.2) is 23.2 Å². The molecule has 1 aromatic carbocycles. The highest BCUT2D eigenvalue weighted by Gasteiger charge is 2.28. The van der Waals surface area contributed by atoms with Crippen molar-refractivity contribution in [2.24, 2.45) is 10.9 Å². The second-order valence-corrected chi connectivity index (χ2v) is 6.45. The number of hydrogen-bond acceptors (Lipinski definition) is 5. The maximum Gasteiger partial charge on any atom is 0.310 e. The van der Waals surface area contributed by atoms with Crippen molar-refractivity contribution in [2.75, 3.05) is 40.1 Å². The van der Waals surface area contributed by atoms with Gasteiger partial charge in [0.05, 0.1) is 12.5 Å². The van der Waals surface area contributed by atoms with Gasteiger partial charge in [0, 0.05) is 26.7 Å². The van der Waals surface area contributed by atoms with E-state index in [1.54, 1.807) is 7.05 Å². The lowest BCUT2D eigenvalue weighted by molar-refractivity contribution is -0.149. The van der Waals surface area contributed by atoms with Crippen LogP contribution in [0, 0.1) is 5.92 Å². The van der Waals surface area contributed by atoms with Gasteiger partial charge in [-0.2, -0.15) is 0 Å². The molecule has 3 rings (SSSR count). The van der Waals surface area contributed by atoms with E-state index in [1.165, 1.54) is 5.56 Å². The zero-order valence-electron chi connectivity index (χ0n) is 15.5. The van der Waals surface area contributed by atoms with Crippen LogP contribution < -0.4 is 14.8 Å². The van der Waals surface area contributed by atoms with Crippen molar-refractivity contribution >= 4 is 11.9 Å². The van der Waals surface area contributed by atoms with Gasteiger partial charge >= 0.3 is 5.97 Å². The van der Waals surface area contributed by atoms with Crippen LogP contribution in [-0.4, -0.2) is 56.9 Å². The van der Waals surface area contributed by atoms with Gasteiger partial charge in [0.25, 0.3) is 0 Å². The van der Waals surface area contributed by atoms with Crippen LogP contribution in [0.1, 0.15) is 25.3 Å². The minimum Gasteiger partial charge on any atom is -0.466 e. The molecule has 0 bridgehead atoms. The zero-order chi connectivity index (χ0) is 18.4. The summed E-state index contributed by atoms with van der Waals surface area (Å²) in [7, 11) is 1.77. The predicted octanol–water partition coefficient (Wildman–Crippen LogP) is 1.81. The fourth-order valence-electron chi connectivity index (χ4n) is 3.37. The Balaban J connectivity index is 1.50. The lowest BCUT2D eigenvalue weighted by Crippen LogP contribution is -2.48. The summed E-state index contributed by atoms with van der Waals surface area (Å²) in [5.41, 5.74) is 1.18. The fraction of sp³-hybridized carbons (Fsp3) is 0.579. The number of aliphatic imine (C=N–C) groups is 1. The fourth-order valence-corrected chi connectivity index (χ4v) is 3.37. The zero-order valence-corrected chi connectivity index (χ0v) is 15.5. The molecule has 0 aliphatic carbocycles. The summed E-state index contributed by atoms with van der Waals surface area (Å²) in [4.78, 5) is 18.5. The lowest BCUT2D eigenvalue weighted by Gasteiger charge is -2.34. The van der Waals surface area contributed by atoms with E-state index in [9.17, 15) is 4.79 Å². The van der Waals surface area contributed by atoms with Crippen LogP contribution in [0.4, 0.5) is 0 Å². The van der Waals surface area contributed by atoms with Crippen molar-refractivity contribution in [3.8, 4) is 11.5 Å². The van der Waals surface area contributed by atoms with E-state index in [0.29, 0.717) is 19.9 Å². The van der Waals surface area contributed by atoms with Crippen LogP contribution in [0.25, 0.3) is 0 Å². The molecular formula is C19H27N3O4. The van der Waals surface area contributed by atoms with Gasteiger partial charge in [-0.05, 0) is 43.9 Å². The highest BCUT2D eigenvalue weighted by molar-refractivity contribution is 5.81. The highest BCUT2D eigenvalue weighted by Crippen LogP contribution is 2.32.